The molecule has 0 amide bonds. The summed E-state index contributed by atoms with van der Waals surface area (Å²) in [6.07, 6.45) is 3.24. The molecular weight excluding hydrogens is 216 g/mol. The lowest BCUT2D eigenvalue weighted by Gasteiger charge is -2.06. The highest BCUT2D eigenvalue weighted by Crippen LogP contribution is 2.25. The van der Waals surface area contributed by atoms with E-state index in [2.05, 4.69) is 0 Å². The third kappa shape index (κ3) is 2.97. The summed E-state index contributed by atoms with van der Waals surface area (Å²) in [5, 5.41) is 8.63. The van der Waals surface area contributed by atoms with Crippen molar-refractivity contribution in [2.75, 3.05) is 0 Å². The second-order valence-electron chi connectivity index (χ2n) is 3.88. The second kappa shape index (κ2) is 5.34. The Morgan fingerprint density at radius 2 is 2.00 bits per heavy atom. The topological polar surface area (TPSA) is 50.4 Å². The van der Waals surface area contributed by atoms with Gasteiger partial charge in [0.1, 0.15) is 5.76 Å². The Labute approximate surface area is 99.7 Å². The lowest BCUT2D eigenvalue weighted by Crippen LogP contribution is -1.96. The highest BCUT2D eigenvalue weighted by molar-refractivity contribution is 5.67. The first-order chi connectivity index (χ1) is 8.27. The molecule has 2 rings (SSSR count). The van der Waals surface area contributed by atoms with E-state index < -0.39 is 5.97 Å². The lowest BCUT2D eigenvalue weighted by molar-refractivity contribution is -0.137. The molecule has 0 aliphatic heterocycles. The first-order valence-corrected chi connectivity index (χ1v) is 5.61. The molecule has 3 heteroatoms. The molecule has 0 aliphatic carbocycles. The zero-order valence-electron chi connectivity index (χ0n) is 9.43. The molecule has 0 spiro atoms. The van der Waals surface area contributed by atoms with E-state index >= 15 is 0 Å². The normalized spacial score (nSPS) is 10.4. The SMILES string of the molecule is O=C(O)CCCc1ccccc1-c1ccco1. The molecule has 0 radical (unpaired) electrons. The Kier molecular flexibility index (Phi) is 3.60. The van der Waals surface area contributed by atoms with Crippen LogP contribution in [0.1, 0.15) is 18.4 Å². The summed E-state index contributed by atoms with van der Waals surface area (Å²) in [7, 11) is 0. The van der Waals surface area contributed by atoms with Gasteiger partial charge in [-0.05, 0) is 30.5 Å². The molecule has 2 aromatic rings. The number of aliphatic carboxylic acids is 1. The van der Waals surface area contributed by atoms with Gasteiger partial charge in [-0.25, -0.2) is 0 Å². The van der Waals surface area contributed by atoms with Gasteiger partial charge >= 0.3 is 5.97 Å². The quantitative estimate of drug-likeness (QED) is 0.856. The van der Waals surface area contributed by atoms with Crippen molar-refractivity contribution >= 4 is 5.97 Å². The van der Waals surface area contributed by atoms with E-state index in [0.29, 0.717) is 6.42 Å². The summed E-state index contributed by atoms with van der Waals surface area (Å²) < 4.78 is 5.37. The minimum Gasteiger partial charge on any atom is -0.481 e. The number of furan rings is 1. The molecule has 0 aliphatic rings. The predicted octanol–water partition coefficient (Wildman–Crippen LogP) is 3.35. The molecule has 3 nitrogen and oxygen atoms in total. The van der Waals surface area contributed by atoms with Gasteiger partial charge < -0.3 is 9.52 Å². The number of hydrogen-bond acceptors (Lipinski definition) is 2. The van der Waals surface area contributed by atoms with Gasteiger partial charge in [0.2, 0.25) is 0 Å². The van der Waals surface area contributed by atoms with Crippen LogP contribution in [0, 0.1) is 0 Å². The minimum atomic E-state index is -0.750. The molecule has 0 saturated heterocycles. The number of carboxylic acid groups (broad SMARTS) is 1. The molecule has 1 heterocycles. The predicted molar refractivity (Wildman–Crippen MR) is 64.7 cm³/mol. The maximum Gasteiger partial charge on any atom is 0.303 e. The Hall–Kier alpha value is -2.03. The highest BCUT2D eigenvalue weighted by Gasteiger charge is 2.07. The lowest BCUT2D eigenvalue weighted by atomic mass is 10.0. The first-order valence-electron chi connectivity index (χ1n) is 5.61. The summed E-state index contributed by atoms with van der Waals surface area (Å²) in [4.78, 5) is 10.5. The van der Waals surface area contributed by atoms with E-state index in [1.165, 1.54) is 0 Å². The van der Waals surface area contributed by atoms with E-state index in [-0.39, 0.29) is 6.42 Å². The maximum atomic E-state index is 10.5. The van der Waals surface area contributed by atoms with E-state index in [4.69, 9.17) is 9.52 Å². The number of benzene rings is 1. The van der Waals surface area contributed by atoms with Crippen LogP contribution in [0.2, 0.25) is 0 Å². The Balaban J connectivity index is 2.14. The fraction of sp³-hybridized carbons (Fsp3) is 0.214. The van der Waals surface area contributed by atoms with Crippen molar-refractivity contribution in [1.82, 2.24) is 0 Å². The summed E-state index contributed by atoms with van der Waals surface area (Å²) in [5.41, 5.74) is 2.17. The third-order valence-corrected chi connectivity index (χ3v) is 2.64. The van der Waals surface area contributed by atoms with Crippen molar-refractivity contribution in [3.8, 4) is 11.3 Å². The molecule has 0 unspecified atom stereocenters. The van der Waals surface area contributed by atoms with Crippen LogP contribution in [0.5, 0.6) is 0 Å². The molecule has 17 heavy (non-hydrogen) atoms. The third-order valence-electron chi connectivity index (χ3n) is 2.64. The largest absolute Gasteiger partial charge is 0.481 e. The molecular formula is C14H14O3. The van der Waals surface area contributed by atoms with Crippen LogP contribution in [-0.2, 0) is 11.2 Å². The summed E-state index contributed by atoms with van der Waals surface area (Å²) >= 11 is 0. The van der Waals surface area contributed by atoms with Gasteiger partial charge in [0.25, 0.3) is 0 Å². The number of aryl methyl sites for hydroxylation is 1. The number of carbonyl (C=O) groups is 1. The first kappa shape index (κ1) is 11.5. The van der Waals surface area contributed by atoms with Crippen LogP contribution in [0.25, 0.3) is 11.3 Å². The van der Waals surface area contributed by atoms with Gasteiger partial charge in [0, 0.05) is 12.0 Å². The average molecular weight is 230 g/mol. The Morgan fingerprint density at radius 3 is 2.71 bits per heavy atom. The summed E-state index contributed by atoms with van der Waals surface area (Å²) in [5.74, 6) is 0.0800. The van der Waals surface area contributed by atoms with Crippen LogP contribution >= 0.6 is 0 Å². The van der Waals surface area contributed by atoms with Crippen LogP contribution in [0.15, 0.2) is 47.1 Å². The number of carboxylic acids is 1. The van der Waals surface area contributed by atoms with Crippen LogP contribution in [0.4, 0.5) is 0 Å². The molecule has 0 bridgehead atoms. The van der Waals surface area contributed by atoms with Gasteiger partial charge in [-0.1, -0.05) is 24.3 Å². The van der Waals surface area contributed by atoms with Crippen molar-refractivity contribution in [3.05, 3.63) is 48.2 Å². The molecule has 1 aromatic heterocycles. The minimum absolute atomic E-state index is 0.201. The smallest absolute Gasteiger partial charge is 0.303 e. The molecule has 0 fully saturated rings. The molecule has 1 N–H and O–H groups in total. The molecule has 1 aromatic carbocycles. The van der Waals surface area contributed by atoms with E-state index in [1.54, 1.807) is 6.26 Å². The van der Waals surface area contributed by atoms with Crippen LogP contribution < -0.4 is 0 Å². The van der Waals surface area contributed by atoms with Crippen molar-refractivity contribution in [2.45, 2.75) is 19.3 Å². The average Bonchev–Trinajstić information content (AvgIpc) is 2.82. The Morgan fingerprint density at radius 1 is 1.18 bits per heavy atom. The van der Waals surface area contributed by atoms with Gasteiger partial charge in [0.05, 0.1) is 6.26 Å². The number of hydrogen-bond donors (Lipinski definition) is 1. The van der Waals surface area contributed by atoms with Crippen LogP contribution in [0.3, 0.4) is 0 Å². The van der Waals surface area contributed by atoms with Crippen LogP contribution in [-0.4, -0.2) is 11.1 Å². The summed E-state index contributed by atoms with van der Waals surface area (Å²) in [6.45, 7) is 0. The van der Waals surface area contributed by atoms with Gasteiger partial charge in [0.15, 0.2) is 0 Å². The number of rotatable bonds is 5. The van der Waals surface area contributed by atoms with Crippen molar-refractivity contribution in [1.29, 1.82) is 0 Å². The van der Waals surface area contributed by atoms with Gasteiger partial charge in [-0.15, -0.1) is 0 Å². The van der Waals surface area contributed by atoms with E-state index in [9.17, 15) is 4.79 Å². The molecule has 0 atom stereocenters. The standard InChI is InChI=1S/C14H14O3/c15-14(16)9-3-6-11-5-1-2-7-12(11)13-8-4-10-17-13/h1-2,4-5,7-8,10H,3,6,9H2,(H,15,16). The Bertz CT molecular complexity index is 486. The molecule has 88 valence electrons. The fourth-order valence-electron chi connectivity index (χ4n) is 1.84. The van der Waals surface area contributed by atoms with Crippen molar-refractivity contribution in [2.24, 2.45) is 0 Å². The fourth-order valence-corrected chi connectivity index (χ4v) is 1.84. The zero-order valence-corrected chi connectivity index (χ0v) is 9.43. The second-order valence-corrected chi connectivity index (χ2v) is 3.88. The van der Waals surface area contributed by atoms with E-state index in [1.807, 2.05) is 36.4 Å². The maximum absolute atomic E-state index is 10.5. The summed E-state index contributed by atoms with van der Waals surface area (Å²) in [6, 6.07) is 11.7. The van der Waals surface area contributed by atoms with Gasteiger partial charge in [-0.3, -0.25) is 4.79 Å². The van der Waals surface area contributed by atoms with E-state index in [0.717, 1.165) is 23.3 Å². The van der Waals surface area contributed by atoms with Crippen molar-refractivity contribution in [3.63, 3.8) is 0 Å². The van der Waals surface area contributed by atoms with Gasteiger partial charge in [-0.2, -0.15) is 0 Å². The highest BCUT2D eigenvalue weighted by atomic mass is 16.4. The monoisotopic (exact) mass is 230 g/mol. The zero-order chi connectivity index (χ0) is 12.1. The van der Waals surface area contributed by atoms with Crippen molar-refractivity contribution < 1.29 is 14.3 Å². The molecule has 0 saturated carbocycles.